The normalized spacial score (nSPS) is 16.4. The van der Waals surface area contributed by atoms with Crippen LogP contribution in [0, 0.1) is 10.2 Å². The Morgan fingerprint density at radius 3 is 2.32 bits per heavy atom. The molecular formula is C28H23ClN4O5. The Morgan fingerprint density at radius 2 is 1.53 bits per heavy atom. The van der Waals surface area contributed by atoms with Gasteiger partial charge in [0.1, 0.15) is 11.7 Å². The molecule has 0 radical (unpaired) electrons. The van der Waals surface area contributed by atoms with Crippen molar-refractivity contribution in [1.29, 1.82) is 0 Å². The van der Waals surface area contributed by atoms with Gasteiger partial charge in [-0.15, -0.1) is 10.2 Å². The minimum Gasteiger partial charge on any atom is -0.342 e. The lowest BCUT2D eigenvalue weighted by molar-refractivity contribution is -2.00. The van der Waals surface area contributed by atoms with Crippen LogP contribution in [0.3, 0.4) is 0 Å². The number of amides is 1. The molecule has 0 unspecified atom stereocenters. The van der Waals surface area contributed by atoms with Gasteiger partial charge in [-0.3, -0.25) is 4.79 Å². The van der Waals surface area contributed by atoms with Crippen molar-refractivity contribution in [2.45, 2.75) is 18.5 Å². The first-order valence-electron chi connectivity index (χ1n) is 11.8. The Kier molecular flexibility index (Phi) is 7.19. The van der Waals surface area contributed by atoms with E-state index in [4.69, 9.17) is 18.6 Å². The highest BCUT2D eigenvalue weighted by Crippen LogP contribution is 2.36. The molecule has 0 saturated heterocycles. The van der Waals surface area contributed by atoms with Crippen molar-refractivity contribution in [2.24, 2.45) is 0 Å². The molecule has 1 aliphatic rings. The second-order valence-corrected chi connectivity index (χ2v) is 9.56. The summed E-state index contributed by atoms with van der Waals surface area (Å²) in [6.45, 7) is 0. The van der Waals surface area contributed by atoms with Crippen LogP contribution in [0.2, 0.25) is 0 Å². The number of hydrogen-bond acceptors (Lipinski definition) is 6. The molecule has 5 aromatic rings. The van der Waals surface area contributed by atoms with Crippen molar-refractivity contribution in [2.75, 3.05) is 0 Å². The van der Waals surface area contributed by atoms with Crippen molar-refractivity contribution in [1.82, 2.24) is 15.1 Å². The molecule has 0 bridgehead atoms. The highest BCUT2D eigenvalue weighted by Gasteiger charge is 2.37. The number of aromatic nitrogens is 3. The van der Waals surface area contributed by atoms with Crippen LogP contribution in [0.4, 0.5) is 0 Å². The second-order valence-electron chi connectivity index (χ2n) is 8.80. The number of carbonyl (C=O) groups is 1. The molecule has 38 heavy (non-hydrogen) atoms. The smallest absolute Gasteiger partial charge is 0.265 e. The summed E-state index contributed by atoms with van der Waals surface area (Å²) in [5.41, 5.74) is 4.12. The van der Waals surface area contributed by atoms with Gasteiger partial charge < -0.3 is 5.32 Å². The van der Waals surface area contributed by atoms with Crippen LogP contribution in [0.5, 0.6) is 0 Å². The second kappa shape index (κ2) is 10.7. The van der Waals surface area contributed by atoms with E-state index >= 15 is 0 Å². The van der Waals surface area contributed by atoms with Gasteiger partial charge in [0.05, 0.1) is 6.04 Å². The first-order chi connectivity index (χ1) is 18.3. The third-order valence-electron chi connectivity index (χ3n) is 6.48. The molecule has 1 amide bonds. The molecule has 0 saturated carbocycles. The number of rotatable bonds is 4. The minimum atomic E-state index is -4.94. The highest BCUT2D eigenvalue weighted by molar-refractivity contribution is 6.07. The van der Waals surface area contributed by atoms with Crippen LogP contribution < -0.4 is 28.5 Å². The van der Waals surface area contributed by atoms with Crippen molar-refractivity contribution >= 4 is 16.7 Å². The van der Waals surface area contributed by atoms with Crippen molar-refractivity contribution in [3.63, 3.8) is 0 Å². The lowest BCUT2D eigenvalue weighted by Crippen LogP contribution is -2.68. The average molecular weight is 531 g/mol. The van der Waals surface area contributed by atoms with Crippen molar-refractivity contribution in [3.8, 4) is 5.69 Å². The number of para-hydroxylation sites is 1. The van der Waals surface area contributed by atoms with E-state index in [0.717, 1.165) is 28.4 Å². The van der Waals surface area contributed by atoms with Crippen LogP contribution in [0.1, 0.15) is 33.6 Å². The predicted molar refractivity (Wildman–Crippen MR) is 127 cm³/mol. The first-order valence-corrected chi connectivity index (χ1v) is 13.0. The zero-order valence-corrected chi connectivity index (χ0v) is 20.8. The zero-order chi connectivity index (χ0) is 26.7. The van der Waals surface area contributed by atoms with Gasteiger partial charge in [0.2, 0.25) is 6.33 Å². The number of hydrogen-bond donors (Lipinski definition) is 1. The first kappa shape index (κ1) is 25.5. The number of nitrogens with one attached hydrogen (secondary N) is 1. The lowest BCUT2D eigenvalue weighted by atomic mass is 10.0. The molecule has 192 valence electrons. The maximum Gasteiger partial charge on any atom is 0.265 e. The van der Waals surface area contributed by atoms with E-state index in [9.17, 15) is 4.79 Å². The fourth-order valence-corrected chi connectivity index (χ4v) is 4.85. The molecule has 0 aliphatic heterocycles. The Labute approximate surface area is 220 Å². The van der Waals surface area contributed by atoms with E-state index in [1.807, 2.05) is 96.2 Å². The molecule has 1 heterocycles. The van der Waals surface area contributed by atoms with Crippen LogP contribution >= 0.6 is 0 Å². The summed E-state index contributed by atoms with van der Waals surface area (Å²) in [6, 6.07) is 32.2. The van der Waals surface area contributed by atoms with Crippen molar-refractivity contribution < 1.29 is 38.2 Å². The predicted octanol–water partition coefficient (Wildman–Crippen LogP) is -0.174. The molecule has 6 rings (SSSR count). The largest absolute Gasteiger partial charge is 0.342 e. The summed E-state index contributed by atoms with van der Waals surface area (Å²) in [4.78, 5) is 13.5. The van der Waals surface area contributed by atoms with E-state index < -0.39 is 10.2 Å². The van der Waals surface area contributed by atoms with E-state index in [-0.39, 0.29) is 18.0 Å². The zero-order valence-electron chi connectivity index (χ0n) is 20.0. The van der Waals surface area contributed by atoms with Gasteiger partial charge in [-0.25, -0.2) is 23.2 Å². The molecular weight excluding hydrogens is 508 g/mol. The molecule has 2 atom stereocenters. The van der Waals surface area contributed by atoms with Gasteiger partial charge in [-0.1, -0.05) is 83.5 Å². The SMILES string of the molecule is O=C(N[C@@H]1c2ccccc2C[C@H]1[n+]1cnn(-c2ccccc2)c1)c1cccc2ccccc12.[O-][Cl+3]([O-])([O-])[O-]. The average Bonchev–Trinajstić information content (AvgIpc) is 3.53. The molecule has 4 aromatic carbocycles. The third kappa shape index (κ3) is 5.72. The van der Waals surface area contributed by atoms with Gasteiger partial charge in [0, 0.05) is 17.1 Å². The van der Waals surface area contributed by atoms with Crippen LogP contribution in [0.25, 0.3) is 16.5 Å². The topological polar surface area (TPSA) is 143 Å². The van der Waals surface area contributed by atoms with E-state index in [1.165, 1.54) is 5.56 Å². The van der Waals surface area contributed by atoms with E-state index in [0.29, 0.717) is 5.56 Å². The Morgan fingerprint density at radius 1 is 0.868 bits per heavy atom. The van der Waals surface area contributed by atoms with E-state index in [1.54, 1.807) is 0 Å². The third-order valence-corrected chi connectivity index (χ3v) is 6.48. The maximum atomic E-state index is 13.5. The van der Waals surface area contributed by atoms with Gasteiger partial charge in [-0.2, -0.15) is 0 Å². The van der Waals surface area contributed by atoms with Crippen LogP contribution in [-0.2, 0) is 6.42 Å². The summed E-state index contributed by atoms with van der Waals surface area (Å²) in [7, 11) is -4.94. The number of nitrogens with zero attached hydrogens (tertiary/aromatic N) is 3. The summed E-state index contributed by atoms with van der Waals surface area (Å²) in [5.74, 6) is -0.0606. The Bertz CT molecular complexity index is 1560. The molecule has 0 spiro atoms. The summed E-state index contributed by atoms with van der Waals surface area (Å²) in [5, 5.41) is 9.94. The van der Waals surface area contributed by atoms with Gasteiger partial charge in [-0.05, 0) is 40.1 Å². The van der Waals surface area contributed by atoms with Crippen molar-refractivity contribution in [3.05, 3.63) is 126 Å². The number of carbonyl (C=O) groups excluding carboxylic acids is 1. The summed E-state index contributed by atoms with van der Waals surface area (Å²) in [6.07, 6.45) is 4.69. The molecule has 0 fully saturated rings. The quantitative estimate of drug-likeness (QED) is 0.319. The molecule has 1 N–H and O–H groups in total. The number of benzene rings is 4. The van der Waals surface area contributed by atoms with E-state index in [2.05, 4.69) is 33.2 Å². The molecule has 1 aromatic heterocycles. The Balaban J connectivity index is 0.000000540. The standard InChI is InChI=1S/C28H22N4O.ClHO4/c33-28(25-16-8-11-20-9-4-6-14-23(20)25)30-27-24-15-7-5-10-21(24)17-26(27)31-18-29-32(19-31)22-12-2-1-3-13-22;2-1(3,4)5/h1-16,18-19,26-27H,17H2;(H,2,3,4,5)/t26-,27-;/m1./s1. The van der Waals surface area contributed by atoms with Gasteiger partial charge >= 0.3 is 0 Å². The number of halogens is 1. The fourth-order valence-electron chi connectivity index (χ4n) is 4.85. The number of fused-ring (bicyclic) bond motifs is 2. The lowest BCUT2D eigenvalue weighted by Gasteiger charge is -2.20. The maximum absolute atomic E-state index is 13.5. The summed E-state index contributed by atoms with van der Waals surface area (Å²) < 4.78 is 38.0. The van der Waals surface area contributed by atoms with Crippen LogP contribution in [0.15, 0.2) is 110 Å². The summed E-state index contributed by atoms with van der Waals surface area (Å²) >= 11 is 0. The fraction of sp³-hybridized carbons (Fsp3) is 0.107. The Hall–Kier alpha value is -4.12. The molecule has 9 nitrogen and oxygen atoms in total. The van der Waals surface area contributed by atoms with Crippen LogP contribution in [-0.4, -0.2) is 15.7 Å². The molecule has 10 heteroatoms. The monoisotopic (exact) mass is 530 g/mol. The van der Waals surface area contributed by atoms with Gasteiger partial charge in [0.25, 0.3) is 12.2 Å². The van der Waals surface area contributed by atoms with Gasteiger partial charge in [0.15, 0.2) is 0 Å². The molecule has 1 aliphatic carbocycles. The highest BCUT2D eigenvalue weighted by atomic mass is 35.7. The minimum absolute atomic E-state index is 0.0405.